The number of sulfonamides is 1. The Balaban J connectivity index is 1.97. The Morgan fingerprint density at radius 1 is 0.933 bits per heavy atom. The van der Waals surface area contributed by atoms with Crippen LogP contribution in [-0.2, 0) is 14.8 Å². The molecule has 0 aliphatic carbocycles. The van der Waals surface area contributed by atoms with Gasteiger partial charge in [0, 0.05) is 15.2 Å². The zero-order valence-electron chi connectivity index (χ0n) is 15.2. The first-order chi connectivity index (χ1) is 14.2. The number of hydrogen-bond acceptors (Lipinski definition) is 3. The lowest BCUT2D eigenvalue weighted by atomic mass is 10.3. The predicted octanol–water partition coefficient (Wildman–Crippen LogP) is 6.24. The van der Waals surface area contributed by atoms with Crippen LogP contribution >= 0.6 is 50.7 Å². The lowest BCUT2D eigenvalue weighted by Crippen LogP contribution is -2.38. The van der Waals surface area contributed by atoms with E-state index in [4.69, 9.17) is 34.8 Å². The van der Waals surface area contributed by atoms with E-state index in [1.165, 1.54) is 30.3 Å². The van der Waals surface area contributed by atoms with Crippen LogP contribution in [-0.4, -0.2) is 20.9 Å². The average molecular weight is 549 g/mol. The quantitative estimate of drug-likeness (QED) is 0.396. The summed E-state index contributed by atoms with van der Waals surface area (Å²) in [5.41, 5.74) is 0.557. The molecule has 0 spiro atoms. The Hall–Kier alpha value is -1.77. The molecular formula is C20H14BrCl3N2O3S. The molecule has 0 saturated heterocycles. The molecule has 30 heavy (non-hydrogen) atoms. The molecule has 0 aromatic heterocycles. The number of halogens is 4. The summed E-state index contributed by atoms with van der Waals surface area (Å²) in [4.78, 5) is 12.7. The van der Waals surface area contributed by atoms with Crippen molar-refractivity contribution in [3.8, 4) is 0 Å². The first-order valence-corrected chi connectivity index (χ1v) is 11.8. The smallest absolute Gasteiger partial charge is 0.264 e. The highest BCUT2D eigenvalue weighted by Crippen LogP contribution is 2.33. The molecule has 0 aliphatic rings. The highest BCUT2D eigenvalue weighted by molar-refractivity contribution is 9.10. The summed E-state index contributed by atoms with van der Waals surface area (Å²) in [6.07, 6.45) is 0. The van der Waals surface area contributed by atoms with Gasteiger partial charge in [-0.1, -0.05) is 53.0 Å². The van der Waals surface area contributed by atoms with E-state index in [0.717, 1.165) is 4.31 Å². The zero-order chi connectivity index (χ0) is 21.9. The van der Waals surface area contributed by atoms with Gasteiger partial charge in [0.1, 0.15) is 6.54 Å². The van der Waals surface area contributed by atoms with Crippen molar-refractivity contribution in [2.45, 2.75) is 4.90 Å². The zero-order valence-corrected chi connectivity index (χ0v) is 19.8. The lowest BCUT2D eigenvalue weighted by molar-refractivity contribution is -0.114. The summed E-state index contributed by atoms with van der Waals surface area (Å²) in [7, 11) is -4.08. The van der Waals surface area contributed by atoms with Crippen LogP contribution in [0.5, 0.6) is 0 Å². The molecule has 156 valence electrons. The normalized spacial score (nSPS) is 11.2. The summed E-state index contributed by atoms with van der Waals surface area (Å²) in [5.74, 6) is -0.570. The molecule has 0 fully saturated rings. The molecule has 3 aromatic carbocycles. The van der Waals surface area contributed by atoms with Crippen LogP contribution in [0.1, 0.15) is 0 Å². The van der Waals surface area contributed by atoms with Gasteiger partial charge in [-0.05, 0) is 64.5 Å². The Morgan fingerprint density at radius 3 is 2.27 bits per heavy atom. The van der Waals surface area contributed by atoms with Gasteiger partial charge in [-0.3, -0.25) is 9.10 Å². The third kappa shape index (κ3) is 5.28. The number of carbonyl (C=O) groups excluding carboxylic acids is 1. The van der Waals surface area contributed by atoms with E-state index in [1.807, 2.05) is 0 Å². The third-order valence-corrected chi connectivity index (χ3v) is 7.54. The number of nitrogens with one attached hydrogen (secondary N) is 1. The van der Waals surface area contributed by atoms with E-state index >= 15 is 0 Å². The van der Waals surface area contributed by atoms with Crippen molar-refractivity contribution in [3.63, 3.8) is 0 Å². The summed E-state index contributed by atoms with van der Waals surface area (Å²) in [6, 6.07) is 17.0. The number of hydrogen-bond donors (Lipinski definition) is 1. The lowest BCUT2D eigenvalue weighted by Gasteiger charge is -2.25. The maximum Gasteiger partial charge on any atom is 0.264 e. The molecule has 0 heterocycles. The largest absolute Gasteiger partial charge is 0.324 e. The Bertz CT molecular complexity index is 1190. The van der Waals surface area contributed by atoms with Gasteiger partial charge in [-0.2, -0.15) is 0 Å². The molecule has 1 N–H and O–H groups in total. The summed E-state index contributed by atoms with van der Waals surface area (Å²) < 4.78 is 28.2. The van der Waals surface area contributed by atoms with E-state index < -0.39 is 22.5 Å². The van der Waals surface area contributed by atoms with Gasteiger partial charge < -0.3 is 5.32 Å². The summed E-state index contributed by atoms with van der Waals surface area (Å²) in [5, 5.41) is 3.49. The van der Waals surface area contributed by atoms with Gasteiger partial charge in [0.05, 0.1) is 20.6 Å². The maximum absolute atomic E-state index is 13.3. The van der Waals surface area contributed by atoms with Gasteiger partial charge in [0.2, 0.25) is 5.91 Å². The highest BCUT2D eigenvalue weighted by Gasteiger charge is 2.28. The van der Waals surface area contributed by atoms with Gasteiger partial charge in [-0.25, -0.2) is 8.42 Å². The van der Waals surface area contributed by atoms with E-state index in [1.54, 1.807) is 36.4 Å². The first kappa shape index (κ1) is 22.9. The molecule has 0 aliphatic heterocycles. The SMILES string of the molecule is O=C(CN(c1ccc(Cl)cc1Cl)S(=O)(=O)c1ccccc1)Nc1ccc(Br)c(Cl)c1. The minimum Gasteiger partial charge on any atom is -0.324 e. The van der Waals surface area contributed by atoms with Gasteiger partial charge in [0.15, 0.2) is 0 Å². The van der Waals surface area contributed by atoms with Crippen molar-refractivity contribution < 1.29 is 13.2 Å². The Kier molecular flexibility index (Phi) is 7.31. The van der Waals surface area contributed by atoms with Crippen LogP contribution in [0.3, 0.4) is 0 Å². The van der Waals surface area contributed by atoms with Gasteiger partial charge >= 0.3 is 0 Å². The third-order valence-electron chi connectivity index (χ3n) is 4.00. The second kappa shape index (κ2) is 9.58. The predicted molar refractivity (Wildman–Crippen MR) is 125 cm³/mol. The number of carbonyl (C=O) groups is 1. The van der Waals surface area contributed by atoms with E-state index in [9.17, 15) is 13.2 Å². The second-order valence-corrected chi connectivity index (χ2v) is 10.1. The van der Waals surface area contributed by atoms with Crippen molar-refractivity contribution in [1.29, 1.82) is 0 Å². The summed E-state index contributed by atoms with van der Waals surface area (Å²) >= 11 is 21.5. The van der Waals surface area contributed by atoms with Crippen LogP contribution in [0, 0.1) is 0 Å². The van der Waals surface area contributed by atoms with Crippen LogP contribution < -0.4 is 9.62 Å². The van der Waals surface area contributed by atoms with Crippen LogP contribution in [0.4, 0.5) is 11.4 Å². The van der Waals surface area contributed by atoms with Crippen molar-refractivity contribution in [1.82, 2.24) is 0 Å². The fraction of sp³-hybridized carbons (Fsp3) is 0.0500. The maximum atomic E-state index is 13.3. The molecule has 0 unspecified atom stereocenters. The van der Waals surface area contributed by atoms with E-state index in [0.29, 0.717) is 20.2 Å². The Morgan fingerprint density at radius 2 is 1.63 bits per heavy atom. The number of amides is 1. The van der Waals surface area contributed by atoms with Crippen molar-refractivity contribution >= 4 is 78.0 Å². The van der Waals surface area contributed by atoms with Gasteiger partial charge in [-0.15, -0.1) is 0 Å². The highest BCUT2D eigenvalue weighted by atomic mass is 79.9. The molecular weight excluding hydrogens is 535 g/mol. The number of anilines is 2. The summed E-state index contributed by atoms with van der Waals surface area (Å²) in [6.45, 7) is -0.508. The van der Waals surface area contributed by atoms with Gasteiger partial charge in [0.25, 0.3) is 10.0 Å². The monoisotopic (exact) mass is 546 g/mol. The number of rotatable bonds is 6. The first-order valence-electron chi connectivity index (χ1n) is 8.46. The van der Waals surface area contributed by atoms with E-state index in [-0.39, 0.29) is 15.6 Å². The number of nitrogens with zero attached hydrogens (tertiary/aromatic N) is 1. The molecule has 5 nitrogen and oxygen atoms in total. The minimum absolute atomic E-state index is 0.0236. The fourth-order valence-corrected chi connectivity index (χ4v) is 5.06. The molecule has 3 aromatic rings. The second-order valence-electron chi connectivity index (χ2n) is 6.10. The number of benzene rings is 3. The van der Waals surface area contributed by atoms with Crippen LogP contribution in [0.2, 0.25) is 15.1 Å². The van der Waals surface area contributed by atoms with Crippen molar-refractivity contribution in [2.24, 2.45) is 0 Å². The van der Waals surface area contributed by atoms with E-state index in [2.05, 4.69) is 21.2 Å². The van der Waals surface area contributed by atoms with Crippen LogP contribution in [0.15, 0.2) is 76.1 Å². The molecule has 0 bridgehead atoms. The molecule has 0 radical (unpaired) electrons. The molecule has 10 heteroatoms. The average Bonchev–Trinajstić information content (AvgIpc) is 2.70. The standard InChI is InChI=1S/C20H14BrCl3N2O3S/c21-16-8-7-14(11-17(16)23)25-20(27)12-26(19-9-6-13(22)10-18(19)24)30(28,29)15-4-2-1-3-5-15/h1-11H,12H2,(H,25,27). The van der Waals surface area contributed by atoms with Crippen LogP contribution in [0.25, 0.3) is 0 Å². The minimum atomic E-state index is -4.08. The topological polar surface area (TPSA) is 66.5 Å². The molecule has 1 amide bonds. The van der Waals surface area contributed by atoms with Crippen molar-refractivity contribution in [3.05, 3.63) is 86.3 Å². The molecule has 0 saturated carbocycles. The molecule has 3 rings (SSSR count). The van der Waals surface area contributed by atoms with Crippen molar-refractivity contribution in [2.75, 3.05) is 16.2 Å². The fourth-order valence-electron chi connectivity index (χ4n) is 2.61. The Labute approximate surface area is 197 Å². The molecule has 0 atom stereocenters.